The van der Waals surface area contributed by atoms with E-state index in [1.54, 1.807) is 6.92 Å². The summed E-state index contributed by atoms with van der Waals surface area (Å²) in [6.07, 6.45) is 1.34. The lowest BCUT2D eigenvalue weighted by molar-refractivity contribution is 0.0518. The fourth-order valence-electron chi connectivity index (χ4n) is 1.92. The molecule has 0 saturated carbocycles. The number of benzene rings is 1. The van der Waals surface area contributed by atoms with Gasteiger partial charge in [0.1, 0.15) is 16.8 Å². The van der Waals surface area contributed by atoms with Crippen LogP contribution in [0.1, 0.15) is 28.5 Å². The van der Waals surface area contributed by atoms with Gasteiger partial charge in [0.25, 0.3) is 0 Å². The average molecular weight is 327 g/mol. The molecule has 0 bridgehead atoms. The number of esters is 1. The van der Waals surface area contributed by atoms with Crippen molar-refractivity contribution in [2.24, 2.45) is 0 Å². The van der Waals surface area contributed by atoms with E-state index >= 15 is 0 Å². The van der Waals surface area contributed by atoms with Crippen LogP contribution in [0.25, 0.3) is 6.08 Å². The van der Waals surface area contributed by atoms with Gasteiger partial charge in [-0.3, -0.25) is 0 Å². The average Bonchev–Trinajstić information content (AvgIpc) is 2.79. The first kappa shape index (κ1) is 16.2. The molecule has 0 fully saturated rings. The van der Waals surface area contributed by atoms with Crippen molar-refractivity contribution in [1.29, 1.82) is 0 Å². The van der Waals surface area contributed by atoms with E-state index < -0.39 is 17.6 Å². The van der Waals surface area contributed by atoms with E-state index in [4.69, 9.17) is 16.3 Å². The molecule has 0 saturated heterocycles. The number of nitrogens with zero attached hydrogens (tertiary/aromatic N) is 2. The van der Waals surface area contributed by atoms with Crippen LogP contribution >= 0.6 is 11.6 Å². The third-order valence-corrected chi connectivity index (χ3v) is 3.37. The van der Waals surface area contributed by atoms with Gasteiger partial charge in [-0.1, -0.05) is 30.3 Å². The molecular weight excluding hydrogens is 314 g/mol. The van der Waals surface area contributed by atoms with Crippen LogP contribution in [0.4, 0.5) is 8.78 Å². The highest BCUT2D eigenvalue weighted by atomic mass is 35.5. The highest BCUT2D eigenvalue weighted by Gasteiger charge is 2.22. The van der Waals surface area contributed by atoms with Gasteiger partial charge in [0, 0.05) is 11.1 Å². The predicted octanol–water partition coefficient (Wildman–Crippen LogP) is 3.68. The van der Waals surface area contributed by atoms with Crippen LogP contribution in [-0.4, -0.2) is 22.4 Å². The van der Waals surface area contributed by atoms with Gasteiger partial charge in [-0.25, -0.2) is 18.3 Å². The van der Waals surface area contributed by atoms with Crippen molar-refractivity contribution in [2.75, 3.05) is 6.61 Å². The Kier molecular flexibility index (Phi) is 4.92. The molecule has 22 heavy (non-hydrogen) atoms. The molecule has 0 aliphatic heterocycles. The lowest BCUT2D eigenvalue weighted by Crippen LogP contribution is -2.10. The minimum atomic E-state index is -0.718. The Morgan fingerprint density at radius 3 is 2.64 bits per heavy atom. The van der Waals surface area contributed by atoms with Crippen LogP contribution in [0.15, 0.2) is 24.8 Å². The van der Waals surface area contributed by atoms with E-state index in [2.05, 4.69) is 11.7 Å². The zero-order chi connectivity index (χ0) is 16.3. The molecule has 0 atom stereocenters. The second-order valence-electron chi connectivity index (χ2n) is 4.34. The summed E-state index contributed by atoms with van der Waals surface area (Å²) >= 11 is 6.10. The number of hydrogen-bond acceptors (Lipinski definition) is 3. The van der Waals surface area contributed by atoms with E-state index in [-0.39, 0.29) is 35.1 Å². The molecule has 116 valence electrons. The first-order valence-electron chi connectivity index (χ1n) is 6.48. The largest absolute Gasteiger partial charge is 0.461 e. The summed E-state index contributed by atoms with van der Waals surface area (Å²) in [4.78, 5) is 11.8. The van der Waals surface area contributed by atoms with Gasteiger partial charge in [0.15, 0.2) is 5.69 Å². The molecule has 2 rings (SSSR count). The third kappa shape index (κ3) is 3.01. The normalized spacial score (nSPS) is 10.5. The maximum absolute atomic E-state index is 13.7. The molecule has 0 N–H and O–H groups in total. The number of rotatable bonds is 5. The van der Waals surface area contributed by atoms with Crippen molar-refractivity contribution in [3.63, 3.8) is 0 Å². The van der Waals surface area contributed by atoms with Gasteiger partial charge in [-0.05, 0) is 19.1 Å². The molecule has 2 aromatic rings. The Labute approximate surface area is 131 Å². The number of carbonyl (C=O) groups is 1. The Balaban J connectivity index is 2.44. The van der Waals surface area contributed by atoms with Crippen LogP contribution in [0.3, 0.4) is 0 Å². The molecule has 1 aromatic heterocycles. The van der Waals surface area contributed by atoms with E-state index in [0.29, 0.717) is 0 Å². The van der Waals surface area contributed by atoms with Crippen LogP contribution < -0.4 is 0 Å². The van der Waals surface area contributed by atoms with Crippen molar-refractivity contribution in [3.8, 4) is 0 Å². The minimum Gasteiger partial charge on any atom is -0.461 e. The van der Waals surface area contributed by atoms with Crippen molar-refractivity contribution in [3.05, 3.63) is 58.4 Å². The molecule has 0 unspecified atom stereocenters. The minimum absolute atomic E-state index is 0.0430. The van der Waals surface area contributed by atoms with E-state index in [0.717, 1.165) is 16.8 Å². The van der Waals surface area contributed by atoms with Gasteiger partial charge in [-0.2, -0.15) is 5.10 Å². The Hall–Kier alpha value is -2.21. The SMILES string of the molecule is C=Cc1c(C(=O)OCC)nn(Cc2c(F)cccc2F)c1Cl. The summed E-state index contributed by atoms with van der Waals surface area (Å²) in [5, 5.41) is 4.04. The monoisotopic (exact) mass is 326 g/mol. The zero-order valence-corrected chi connectivity index (χ0v) is 12.5. The fraction of sp³-hybridized carbons (Fsp3) is 0.200. The summed E-state index contributed by atoms with van der Waals surface area (Å²) in [6, 6.07) is 3.53. The summed E-state index contributed by atoms with van der Waals surface area (Å²) < 4.78 is 33.4. The predicted molar refractivity (Wildman–Crippen MR) is 78.7 cm³/mol. The molecular formula is C15H13ClF2N2O2. The number of aromatic nitrogens is 2. The molecule has 0 radical (unpaired) electrons. The van der Waals surface area contributed by atoms with E-state index in [1.165, 1.54) is 12.1 Å². The van der Waals surface area contributed by atoms with Gasteiger partial charge < -0.3 is 4.74 Å². The topological polar surface area (TPSA) is 44.1 Å². The standard InChI is InChI=1S/C15H13ClF2N2O2/c1-3-9-13(15(21)22-4-2)19-20(14(9)16)8-10-11(17)6-5-7-12(10)18/h3,5-7H,1,4,8H2,2H3. The lowest BCUT2D eigenvalue weighted by Gasteiger charge is -2.06. The van der Waals surface area contributed by atoms with Crippen LogP contribution in [-0.2, 0) is 11.3 Å². The zero-order valence-electron chi connectivity index (χ0n) is 11.8. The molecule has 1 heterocycles. The number of halogens is 3. The van der Waals surface area contributed by atoms with Crippen LogP contribution in [0.2, 0.25) is 5.15 Å². The molecule has 1 aromatic carbocycles. The summed E-state index contributed by atoms with van der Waals surface area (Å²) in [5.74, 6) is -2.11. The van der Waals surface area contributed by atoms with Gasteiger partial charge in [0.05, 0.1) is 13.2 Å². The smallest absolute Gasteiger partial charge is 0.359 e. The third-order valence-electron chi connectivity index (χ3n) is 2.97. The molecule has 7 heteroatoms. The first-order chi connectivity index (χ1) is 10.5. The van der Waals surface area contributed by atoms with Crippen LogP contribution in [0.5, 0.6) is 0 Å². The second kappa shape index (κ2) is 6.70. The van der Waals surface area contributed by atoms with E-state index in [9.17, 15) is 13.6 Å². The summed E-state index contributed by atoms with van der Waals surface area (Å²) in [7, 11) is 0. The highest BCUT2D eigenvalue weighted by molar-refractivity contribution is 6.31. The van der Waals surface area contributed by atoms with Crippen molar-refractivity contribution < 1.29 is 18.3 Å². The Morgan fingerprint density at radius 1 is 1.45 bits per heavy atom. The maximum atomic E-state index is 13.7. The van der Waals surface area contributed by atoms with Crippen molar-refractivity contribution >= 4 is 23.6 Å². The van der Waals surface area contributed by atoms with Crippen molar-refractivity contribution in [1.82, 2.24) is 9.78 Å². The van der Waals surface area contributed by atoms with Gasteiger partial charge in [0.2, 0.25) is 0 Å². The molecule has 4 nitrogen and oxygen atoms in total. The quantitative estimate of drug-likeness (QED) is 0.787. The molecule has 0 aliphatic rings. The lowest BCUT2D eigenvalue weighted by atomic mass is 10.2. The second-order valence-corrected chi connectivity index (χ2v) is 4.69. The first-order valence-corrected chi connectivity index (χ1v) is 6.86. The summed E-state index contributed by atoms with van der Waals surface area (Å²) in [5.41, 5.74) is 0.0217. The summed E-state index contributed by atoms with van der Waals surface area (Å²) in [6.45, 7) is 5.12. The van der Waals surface area contributed by atoms with Crippen molar-refractivity contribution in [2.45, 2.75) is 13.5 Å². The molecule has 0 spiro atoms. The Bertz CT molecular complexity index is 708. The van der Waals surface area contributed by atoms with Gasteiger partial charge in [-0.15, -0.1) is 0 Å². The van der Waals surface area contributed by atoms with Gasteiger partial charge >= 0.3 is 5.97 Å². The number of hydrogen-bond donors (Lipinski definition) is 0. The number of ether oxygens (including phenoxy) is 1. The highest BCUT2D eigenvalue weighted by Crippen LogP contribution is 2.24. The molecule has 0 aliphatic carbocycles. The fourth-order valence-corrected chi connectivity index (χ4v) is 2.19. The number of carbonyl (C=O) groups excluding carboxylic acids is 1. The molecule has 0 amide bonds. The Morgan fingerprint density at radius 2 is 2.09 bits per heavy atom. The van der Waals surface area contributed by atoms with E-state index in [1.807, 2.05) is 0 Å². The maximum Gasteiger partial charge on any atom is 0.359 e. The van der Waals surface area contributed by atoms with Crippen LogP contribution in [0, 0.1) is 11.6 Å².